The van der Waals surface area contributed by atoms with Crippen molar-refractivity contribution in [2.24, 2.45) is 0 Å². The molecule has 0 aliphatic carbocycles. The third-order valence-electron chi connectivity index (χ3n) is 5.06. The lowest BCUT2D eigenvalue weighted by Crippen LogP contribution is -2.33. The molecule has 0 unspecified atom stereocenters. The summed E-state index contributed by atoms with van der Waals surface area (Å²) in [7, 11) is 4.13. The van der Waals surface area contributed by atoms with E-state index in [4.69, 9.17) is 4.98 Å². The van der Waals surface area contributed by atoms with Crippen LogP contribution in [0.5, 0.6) is 0 Å². The average molecular weight is 478 g/mol. The molecule has 0 aliphatic rings. The van der Waals surface area contributed by atoms with E-state index in [1.807, 2.05) is 4.90 Å². The molecule has 0 bridgehead atoms. The first-order valence-electron chi connectivity index (χ1n) is 10.4. The highest BCUT2D eigenvalue weighted by Gasteiger charge is 2.20. The van der Waals surface area contributed by atoms with Crippen molar-refractivity contribution in [3.8, 4) is 0 Å². The highest BCUT2D eigenvalue weighted by molar-refractivity contribution is 7.99. The van der Waals surface area contributed by atoms with Gasteiger partial charge in [-0.2, -0.15) is 0 Å². The number of fused-ring (bicyclic) bond motifs is 1. The molecule has 0 spiro atoms. The molecule has 0 N–H and O–H groups in total. The van der Waals surface area contributed by atoms with Crippen LogP contribution in [-0.4, -0.2) is 48.7 Å². The van der Waals surface area contributed by atoms with Crippen molar-refractivity contribution in [3.63, 3.8) is 0 Å². The van der Waals surface area contributed by atoms with Crippen molar-refractivity contribution in [2.75, 3.05) is 37.8 Å². The topological polar surface area (TPSA) is 36.4 Å². The van der Waals surface area contributed by atoms with Gasteiger partial charge in [0.1, 0.15) is 0 Å². The summed E-state index contributed by atoms with van der Waals surface area (Å²) in [5.74, 6) is 0.928. The first-order valence-corrected chi connectivity index (χ1v) is 12.2. The van der Waals surface area contributed by atoms with Crippen LogP contribution in [0.2, 0.25) is 0 Å². The SMILES string of the molecule is Cc1ccc(SCCC(=O)N(CCCN(C)C)c2nc3c(C)ccc(C)c3s2)cc1.Cl. The molecule has 2 aromatic carbocycles. The zero-order valence-electron chi connectivity index (χ0n) is 19.0. The second-order valence-electron chi connectivity index (χ2n) is 7.99. The van der Waals surface area contributed by atoms with E-state index >= 15 is 0 Å². The number of anilines is 1. The van der Waals surface area contributed by atoms with E-state index in [1.165, 1.54) is 20.7 Å². The number of hydrogen-bond donors (Lipinski definition) is 0. The fourth-order valence-electron chi connectivity index (χ4n) is 3.26. The monoisotopic (exact) mass is 477 g/mol. The second-order valence-corrected chi connectivity index (χ2v) is 10.1. The smallest absolute Gasteiger partial charge is 0.229 e. The summed E-state index contributed by atoms with van der Waals surface area (Å²) in [6.07, 6.45) is 1.44. The quantitative estimate of drug-likeness (QED) is 0.348. The van der Waals surface area contributed by atoms with E-state index in [2.05, 4.69) is 76.2 Å². The molecule has 31 heavy (non-hydrogen) atoms. The van der Waals surface area contributed by atoms with Gasteiger partial charge in [0.25, 0.3) is 0 Å². The summed E-state index contributed by atoms with van der Waals surface area (Å²) in [5.41, 5.74) is 4.65. The maximum Gasteiger partial charge on any atom is 0.229 e. The minimum absolute atomic E-state index is 0. The van der Waals surface area contributed by atoms with Gasteiger partial charge in [-0.25, -0.2) is 4.98 Å². The van der Waals surface area contributed by atoms with Gasteiger partial charge in [-0.1, -0.05) is 41.2 Å². The molecule has 4 nitrogen and oxygen atoms in total. The lowest BCUT2D eigenvalue weighted by atomic mass is 10.1. The van der Waals surface area contributed by atoms with Crippen molar-refractivity contribution in [1.82, 2.24) is 9.88 Å². The number of hydrogen-bond acceptors (Lipinski definition) is 5. The molecule has 7 heteroatoms. The third-order valence-corrected chi connectivity index (χ3v) is 7.28. The van der Waals surface area contributed by atoms with Crippen LogP contribution in [-0.2, 0) is 4.79 Å². The highest BCUT2D eigenvalue weighted by atomic mass is 35.5. The predicted octanol–water partition coefficient (Wildman–Crippen LogP) is 6.11. The van der Waals surface area contributed by atoms with Crippen molar-refractivity contribution in [2.45, 2.75) is 38.5 Å². The van der Waals surface area contributed by atoms with E-state index < -0.39 is 0 Å². The molecule has 0 atom stereocenters. The second kappa shape index (κ2) is 11.9. The summed E-state index contributed by atoms with van der Waals surface area (Å²) in [6.45, 7) is 7.93. The van der Waals surface area contributed by atoms with E-state index in [9.17, 15) is 4.79 Å². The van der Waals surface area contributed by atoms with Gasteiger partial charge in [0.05, 0.1) is 10.2 Å². The maximum absolute atomic E-state index is 13.2. The van der Waals surface area contributed by atoms with Crippen LogP contribution in [0.1, 0.15) is 29.5 Å². The van der Waals surface area contributed by atoms with E-state index in [0.717, 1.165) is 34.9 Å². The number of thioether (sulfide) groups is 1. The van der Waals surface area contributed by atoms with Gasteiger partial charge < -0.3 is 4.90 Å². The lowest BCUT2D eigenvalue weighted by Gasteiger charge is -2.21. The summed E-state index contributed by atoms with van der Waals surface area (Å²) >= 11 is 3.37. The number of aryl methyl sites for hydroxylation is 3. The van der Waals surface area contributed by atoms with Crippen LogP contribution in [0.25, 0.3) is 10.2 Å². The van der Waals surface area contributed by atoms with E-state index in [0.29, 0.717) is 13.0 Å². The number of carbonyl (C=O) groups is 1. The van der Waals surface area contributed by atoms with Crippen molar-refractivity contribution in [3.05, 3.63) is 53.1 Å². The summed E-state index contributed by atoms with van der Waals surface area (Å²) in [4.78, 5) is 23.3. The largest absolute Gasteiger partial charge is 0.309 e. The minimum atomic E-state index is 0. The van der Waals surface area contributed by atoms with Crippen LogP contribution in [0, 0.1) is 20.8 Å². The molecule has 0 fully saturated rings. The lowest BCUT2D eigenvalue weighted by molar-refractivity contribution is -0.118. The maximum atomic E-state index is 13.2. The Morgan fingerprint density at radius 1 is 1.00 bits per heavy atom. The summed E-state index contributed by atoms with van der Waals surface area (Å²) in [6, 6.07) is 12.7. The molecule has 1 amide bonds. The molecule has 0 saturated carbocycles. The number of nitrogens with zero attached hydrogens (tertiary/aromatic N) is 3. The van der Waals surface area contributed by atoms with Crippen molar-refractivity contribution < 1.29 is 4.79 Å². The van der Waals surface area contributed by atoms with Gasteiger partial charge in [0.2, 0.25) is 5.91 Å². The van der Waals surface area contributed by atoms with Crippen LogP contribution < -0.4 is 4.90 Å². The Labute approximate surface area is 200 Å². The Morgan fingerprint density at radius 2 is 1.68 bits per heavy atom. The molecular formula is C24H32ClN3OS2. The number of benzene rings is 2. The zero-order chi connectivity index (χ0) is 21.7. The first kappa shape index (κ1) is 25.7. The molecular weight excluding hydrogens is 446 g/mol. The van der Waals surface area contributed by atoms with E-state index in [1.54, 1.807) is 23.1 Å². The Morgan fingerprint density at radius 3 is 2.32 bits per heavy atom. The van der Waals surface area contributed by atoms with Crippen LogP contribution in [0.4, 0.5) is 5.13 Å². The predicted molar refractivity (Wildman–Crippen MR) is 138 cm³/mol. The number of carbonyl (C=O) groups excluding carboxylic acids is 1. The Bertz CT molecular complexity index is 963. The molecule has 0 saturated heterocycles. The van der Waals surface area contributed by atoms with Gasteiger partial charge in [0, 0.05) is 23.6 Å². The Hall–Kier alpha value is -1.60. The third kappa shape index (κ3) is 6.94. The van der Waals surface area contributed by atoms with E-state index in [-0.39, 0.29) is 18.3 Å². The average Bonchev–Trinajstić information content (AvgIpc) is 3.16. The minimum Gasteiger partial charge on any atom is -0.309 e. The van der Waals surface area contributed by atoms with Gasteiger partial charge in [-0.05, 0) is 71.1 Å². The molecule has 1 aromatic heterocycles. The Kier molecular flexibility index (Phi) is 9.82. The van der Waals surface area contributed by atoms with Crippen LogP contribution in [0.3, 0.4) is 0 Å². The number of amides is 1. The molecule has 0 radical (unpaired) electrons. The fourth-order valence-corrected chi connectivity index (χ4v) is 5.26. The standard InChI is InChI=1S/C24H31N3OS2.ClH/c1-17-7-11-20(12-8-17)29-16-13-21(28)27(15-6-14-26(4)5)24-25-22-18(2)9-10-19(3)23(22)30-24;/h7-12H,6,13-16H2,1-5H3;1H. The molecule has 3 rings (SSSR count). The fraction of sp³-hybridized carbons (Fsp3) is 0.417. The zero-order valence-corrected chi connectivity index (χ0v) is 21.4. The highest BCUT2D eigenvalue weighted by Crippen LogP contribution is 2.33. The number of halogens is 1. The summed E-state index contributed by atoms with van der Waals surface area (Å²) < 4.78 is 1.18. The Balaban J connectivity index is 0.00000341. The van der Waals surface area contributed by atoms with Crippen molar-refractivity contribution in [1.29, 1.82) is 0 Å². The number of aromatic nitrogens is 1. The van der Waals surface area contributed by atoms with Crippen LogP contribution >= 0.6 is 35.5 Å². The molecule has 3 aromatic rings. The van der Waals surface area contributed by atoms with Gasteiger partial charge in [-0.15, -0.1) is 24.2 Å². The van der Waals surface area contributed by atoms with Crippen molar-refractivity contribution >= 4 is 56.8 Å². The molecule has 1 heterocycles. The molecule has 168 valence electrons. The number of thiazole rings is 1. The van der Waals surface area contributed by atoms with Gasteiger partial charge in [0.15, 0.2) is 5.13 Å². The first-order chi connectivity index (χ1) is 14.3. The number of rotatable bonds is 9. The molecule has 0 aliphatic heterocycles. The van der Waals surface area contributed by atoms with Gasteiger partial charge in [-0.3, -0.25) is 9.69 Å². The normalized spacial score (nSPS) is 11.0. The summed E-state index contributed by atoms with van der Waals surface area (Å²) in [5, 5.41) is 0.825. The van der Waals surface area contributed by atoms with Crippen LogP contribution in [0.15, 0.2) is 41.3 Å². The van der Waals surface area contributed by atoms with Gasteiger partial charge >= 0.3 is 0 Å².